The van der Waals surface area contributed by atoms with Gasteiger partial charge in [0.25, 0.3) is 0 Å². The van der Waals surface area contributed by atoms with E-state index in [1.807, 2.05) is 31.2 Å². The van der Waals surface area contributed by atoms with Gasteiger partial charge in [-0.05, 0) is 54.7 Å². The van der Waals surface area contributed by atoms with Gasteiger partial charge in [0.15, 0.2) is 28.8 Å². The number of aromatic hydroxyl groups is 1. The lowest BCUT2D eigenvalue weighted by atomic mass is 9.72. The Morgan fingerprint density at radius 3 is 2.41 bits per heavy atom. The number of hydrogen-bond acceptors (Lipinski definition) is 8. The highest BCUT2D eigenvalue weighted by Gasteiger charge is 2.41. The summed E-state index contributed by atoms with van der Waals surface area (Å²) in [6.07, 6.45) is 0.989. The predicted molar refractivity (Wildman–Crippen MR) is 125 cm³/mol. The first kappa shape index (κ1) is 21.9. The van der Waals surface area contributed by atoms with E-state index in [-0.39, 0.29) is 23.4 Å². The lowest BCUT2D eigenvalue weighted by Gasteiger charge is -2.34. The van der Waals surface area contributed by atoms with Gasteiger partial charge in [-0.25, -0.2) is 0 Å². The molecule has 0 radical (unpaired) electrons. The fourth-order valence-corrected chi connectivity index (χ4v) is 5.02. The van der Waals surface area contributed by atoms with Crippen LogP contribution >= 0.6 is 0 Å². The maximum Gasteiger partial charge on any atom is 0.233 e. The standard InChI is InChI=1S/C26H26N2O6/c1-13-23-24(15-5-7-18(29)21(12-15)32-3)25-17(27-26(23)34-28-13)9-16(10-19(25)30)14-6-8-20(31-2)22(11-14)33-4/h5-8,11-12,16,24,27,29H,9-10H2,1-4H3/t16-,24+/m0/s1. The molecule has 0 unspecified atom stereocenters. The van der Waals surface area contributed by atoms with Crippen molar-refractivity contribution in [2.75, 3.05) is 26.6 Å². The van der Waals surface area contributed by atoms with Crippen molar-refractivity contribution in [1.82, 2.24) is 5.16 Å². The molecule has 2 heterocycles. The summed E-state index contributed by atoms with van der Waals surface area (Å²) in [6.45, 7) is 1.86. The van der Waals surface area contributed by atoms with Crippen molar-refractivity contribution in [2.45, 2.75) is 31.6 Å². The zero-order valence-electron chi connectivity index (χ0n) is 19.5. The number of ether oxygens (including phenoxy) is 3. The highest BCUT2D eigenvalue weighted by atomic mass is 16.5. The van der Waals surface area contributed by atoms with Crippen LogP contribution in [0.5, 0.6) is 23.0 Å². The Kier molecular flexibility index (Phi) is 5.43. The molecule has 34 heavy (non-hydrogen) atoms. The van der Waals surface area contributed by atoms with Crippen molar-refractivity contribution in [3.8, 4) is 23.0 Å². The molecule has 2 N–H and O–H groups in total. The van der Waals surface area contributed by atoms with Crippen LogP contribution in [0, 0.1) is 6.92 Å². The minimum Gasteiger partial charge on any atom is -0.504 e. The first-order chi connectivity index (χ1) is 16.4. The Morgan fingerprint density at radius 2 is 1.68 bits per heavy atom. The lowest BCUT2D eigenvalue weighted by Crippen LogP contribution is -2.29. The van der Waals surface area contributed by atoms with Gasteiger partial charge in [-0.15, -0.1) is 0 Å². The SMILES string of the molecule is COc1cc([C@H]2C3=C(C[C@H](c4ccc(OC)c(OC)c4)CC3=O)Nc3onc(C)c32)ccc1O. The summed E-state index contributed by atoms with van der Waals surface area (Å²) >= 11 is 0. The third kappa shape index (κ3) is 3.46. The minimum atomic E-state index is -0.370. The van der Waals surface area contributed by atoms with Gasteiger partial charge in [-0.3, -0.25) is 4.79 Å². The third-order valence-electron chi connectivity index (χ3n) is 6.67. The molecule has 0 bridgehead atoms. The number of Topliss-reactive ketones (excluding diaryl/α,β-unsaturated/α-hetero) is 1. The second kappa shape index (κ2) is 8.44. The van der Waals surface area contributed by atoms with E-state index in [1.54, 1.807) is 26.4 Å². The number of allylic oxidation sites excluding steroid dienone is 2. The molecule has 3 aromatic rings. The fraction of sp³-hybridized carbons (Fsp3) is 0.308. The molecule has 5 rings (SSSR count). The number of hydrogen-bond donors (Lipinski definition) is 2. The number of phenolic OH excluding ortho intramolecular Hbond substituents is 1. The Labute approximate surface area is 197 Å². The summed E-state index contributed by atoms with van der Waals surface area (Å²) in [5.41, 5.74) is 4.88. The predicted octanol–water partition coefficient (Wildman–Crippen LogP) is 4.67. The molecule has 8 nitrogen and oxygen atoms in total. The Morgan fingerprint density at radius 1 is 0.971 bits per heavy atom. The van der Waals surface area contributed by atoms with E-state index < -0.39 is 0 Å². The number of phenols is 1. The Balaban J connectivity index is 1.59. The molecule has 8 heteroatoms. The molecule has 0 fully saturated rings. The normalized spacial score (nSPS) is 19.2. The maximum atomic E-state index is 13.7. The van der Waals surface area contributed by atoms with Gasteiger partial charge in [-0.2, -0.15) is 0 Å². The average molecular weight is 463 g/mol. The highest BCUT2D eigenvalue weighted by molar-refractivity contribution is 6.01. The van der Waals surface area contributed by atoms with Crippen LogP contribution in [0.25, 0.3) is 0 Å². The molecule has 0 saturated heterocycles. The van der Waals surface area contributed by atoms with Crippen LogP contribution in [0.1, 0.15) is 47.1 Å². The molecule has 1 aliphatic carbocycles. The van der Waals surface area contributed by atoms with Crippen molar-refractivity contribution in [3.63, 3.8) is 0 Å². The molecule has 0 amide bonds. The number of nitrogens with zero attached hydrogens (tertiary/aromatic N) is 1. The molecule has 1 aromatic heterocycles. The molecule has 2 aromatic carbocycles. The summed E-state index contributed by atoms with van der Waals surface area (Å²) in [7, 11) is 4.70. The monoisotopic (exact) mass is 462 g/mol. The largest absolute Gasteiger partial charge is 0.504 e. The fourth-order valence-electron chi connectivity index (χ4n) is 5.02. The molecule has 2 aliphatic rings. The van der Waals surface area contributed by atoms with Gasteiger partial charge in [0.05, 0.1) is 32.6 Å². The van der Waals surface area contributed by atoms with E-state index in [0.29, 0.717) is 47.2 Å². The summed E-state index contributed by atoms with van der Waals surface area (Å²) in [5.74, 6) is 1.86. The number of rotatable bonds is 5. The quantitative estimate of drug-likeness (QED) is 0.564. The van der Waals surface area contributed by atoms with Crippen molar-refractivity contribution in [1.29, 1.82) is 0 Å². The van der Waals surface area contributed by atoms with Crippen LogP contribution in [0.15, 0.2) is 52.2 Å². The number of aryl methyl sites for hydroxylation is 1. The van der Waals surface area contributed by atoms with Crippen molar-refractivity contribution < 1.29 is 28.6 Å². The van der Waals surface area contributed by atoms with E-state index in [1.165, 1.54) is 7.11 Å². The second-order valence-electron chi connectivity index (χ2n) is 8.54. The third-order valence-corrected chi connectivity index (χ3v) is 6.67. The average Bonchev–Trinajstić information content (AvgIpc) is 3.22. The van der Waals surface area contributed by atoms with Crippen LogP contribution in [0.2, 0.25) is 0 Å². The summed E-state index contributed by atoms with van der Waals surface area (Å²) < 4.78 is 21.7. The van der Waals surface area contributed by atoms with E-state index in [0.717, 1.165) is 22.4 Å². The number of benzene rings is 2. The van der Waals surface area contributed by atoms with Crippen LogP contribution in [-0.2, 0) is 4.79 Å². The van der Waals surface area contributed by atoms with E-state index in [9.17, 15) is 9.90 Å². The Hall–Kier alpha value is -3.94. The van der Waals surface area contributed by atoms with E-state index in [4.69, 9.17) is 18.7 Å². The number of carbonyl (C=O) groups is 1. The molecule has 0 spiro atoms. The topological polar surface area (TPSA) is 103 Å². The van der Waals surface area contributed by atoms with Gasteiger partial charge in [0, 0.05) is 23.6 Å². The number of carbonyl (C=O) groups excluding carboxylic acids is 1. The number of aromatic nitrogens is 1. The van der Waals surface area contributed by atoms with E-state index >= 15 is 0 Å². The number of ketones is 1. The zero-order chi connectivity index (χ0) is 24.0. The number of methoxy groups -OCH3 is 3. The Bertz CT molecular complexity index is 1310. The summed E-state index contributed by atoms with van der Waals surface area (Å²) in [5, 5.41) is 17.6. The summed E-state index contributed by atoms with van der Waals surface area (Å²) in [6, 6.07) is 10.9. The zero-order valence-corrected chi connectivity index (χ0v) is 19.5. The van der Waals surface area contributed by atoms with Gasteiger partial charge in [0.1, 0.15) is 0 Å². The number of fused-ring (bicyclic) bond motifs is 1. The van der Waals surface area contributed by atoms with Gasteiger partial charge >= 0.3 is 0 Å². The summed E-state index contributed by atoms with van der Waals surface area (Å²) in [4.78, 5) is 13.7. The number of nitrogens with one attached hydrogen (secondary N) is 1. The van der Waals surface area contributed by atoms with Crippen LogP contribution < -0.4 is 19.5 Å². The van der Waals surface area contributed by atoms with Crippen molar-refractivity contribution in [2.24, 2.45) is 0 Å². The van der Waals surface area contributed by atoms with Gasteiger partial charge in [-0.1, -0.05) is 17.3 Å². The molecular formula is C26H26N2O6. The molecule has 1 aliphatic heterocycles. The first-order valence-corrected chi connectivity index (χ1v) is 11.0. The van der Waals surface area contributed by atoms with Crippen LogP contribution in [0.4, 0.5) is 5.88 Å². The lowest BCUT2D eigenvalue weighted by molar-refractivity contribution is -0.116. The van der Waals surface area contributed by atoms with Gasteiger partial charge in [0.2, 0.25) is 5.88 Å². The molecule has 0 saturated carbocycles. The van der Waals surface area contributed by atoms with Crippen molar-refractivity contribution in [3.05, 3.63) is 70.1 Å². The molecular weight excluding hydrogens is 436 g/mol. The molecule has 176 valence electrons. The minimum absolute atomic E-state index is 0.0286. The van der Waals surface area contributed by atoms with E-state index in [2.05, 4.69) is 10.5 Å². The first-order valence-electron chi connectivity index (χ1n) is 11.0. The van der Waals surface area contributed by atoms with Crippen molar-refractivity contribution >= 4 is 11.7 Å². The highest BCUT2D eigenvalue weighted by Crippen LogP contribution is 2.50. The maximum absolute atomic E-state index is 13.7. The van der Waals surface area contributed by atoms with Crippen LogP contribution in [0.3, 0.4) is 0 Å². The van der Waals surface area contributed by atoms with Gasteiger partial charge < -0.3 is 29.2 Å². The molecule has 2 atom stereocenters. The number of anilines is 1. The van der Waals surface area contributed by atoms with Crippen LogP contribution in [-0.4, -0.2) is 37.4 Å². The smallest absolute Gasteiger partial charge is 0.233 e. The second-order valence-corrected chi connectivity index (χ2v) is 8.54.